The Morgan fingerprint density at radius 1 is 1.15 bits per heavy atom. The molecule has 2 N–H and O–H groups in total. The number of halogens is 3. The number of carbonyl (C=O) groups excluding carboxylic acids is 1. The Labute approximate surface area is 146 Å². The fraction of sp³-hybridized carbons (Fsp3) is 0.529. The molecule has 1 aromatic carbocycles. The van der Waals surface area contributed by atoms with Gasteiger partial charge in [-0.2, -0.15) is 13.2 Å². The molecular formula is C17H16F3N3O3. The van der Waals surface area contributed by atoms with Crippen LogP contribution >= 0.6 is 0 Å². The zero-order valence-corrected chi connectivity index (χ0v) is 13.6. The minimum absolute atomic E-state index is 0.00890. The van der Waals surface area contributed by atoms with Gasteiger partial charge >= 0.3 is 17.8 Å². The smallest absolute Gasteiger partial charge is 0.442 e. The summed E-state index contributed by atoms with van der Waals surface area (Å²) < 4.78 is 39.2. The van der Waals surface area contributed by atoms with Crippen LogP contribution in [0.2, 0.25) is 0 Å². The molecule has 1 aromatic rings. The summed E-state index contributed by atoms with van der Waals surface area (Å²) in [6.45, 7) is 0. The van der Waals surface area contributed by atoms with Gasteiger partial charge in [-0.05, 0) is 43.2 Å². The van der Waals surface area contributed by atoms with E-state index in [9.17, 15) is 22.8 Å². The fourth-order valence-corrected chi connectivity index (χ4v) is 4.17. The van der Waals surface area contributed by atoms with E-state index in [2.05, 4.69) is 15.5 Å². The molecule has 0 aromatic heterocycles. The van der Waals surface area contributed by atoms with E-state index in [1.807, 2.05) is 0 Å². The molecule has 3 aliphatic rings. The lowest BCUT2D eigenvalue weighted by molar-refractivity contribution is -0.166. The summed E-state index contributed by atoms with van der Waals surface area (Å²) in [6.07, 6.45) is -1.96. The molecule has 6 nitrogen and oxygen atoms in total. The van der Waals surface area contributed by atoms with Crippen molar-refractivity contribution < 1.29 is 27.9 Å². The maximum absolute atomic E-state index is 13.1. The first-order valence-electron chi connectivity index (χ1n) is 8.29. The van der Waals surface area contributed by atoms with Gasteiger partial charge in [0.2, 0.25) is 0 Å². The molecule has 0 unspecified atom stereocenters. The van der Waals surface area contributed by atoms with E-state index in [0.29, 0.717) is 25.7 Å². The number of carboxylic acid groups (broad SMARTS) is 1. The summed E-state index contributed by atoms with van der Waals surface area (Å²) >= 11 is 0. The van der Waals surface area contributed by atoms with Gasteiger partial charge in [-0.1, -0.05) is 12.1 Å². The van der Waals surface area contributed by atoms with E-state index in [-0.39, 0.29) is 28.5 Å². The van der Waals surface area contributed by atoms with Crippen molar-refractivity contribution in [3.63, 3.8) is 0 Å². The Morgan fingerprint density at radius 2 is 1.81 bits per heavy atom. The lowest BCUT2D eigenvalue weighted by Crippen LogP contribution is -2.57. The summed E-state index contributed by atoms with van der Waals surface area (Å²) in [7, 11) is 0. The molecule has 1 amide bonds. The Bertz CT molecular complexity index is 801. The minimum atomic E-state index is -4.63. The molecule has 2 fully saturated rings. The molecule has 0 saturated heterocycles. The zero-order valence-electron chi connectivity index (χ0n) is 13.6. The number of carbonyl (C=O) groups is 2. The summed E-state index contributed by atoms with van der Waals surface area (Å²) in [5.41, 5.74) is -2.58. The number of benzene rings is 1. The van der Waals surface area contributed by atoms with Crippen LogP contribution in [0.4, 0.5) is 13.2 Å². The zero-order chi connectivity index (χ0) is 18.7. The topological polar surface area (TPSA) is 91.1 Å². The second-order valence-electron chi connectivity index (χ2n) is 7.47. The number of aliphatic carboxylic acids is 1. The molecule has 2 aliphatic carbocycles. The summed E-state index contributed by atoms with van der Waals surface area (Å²) in [5.74, 6) is -1.53. The van der Waals surface area contributed by atoms with Crippen molar-refractivity contribution in [1.82, 2.24) is 5.32 Å². The number of alkyl halides is 3. The van der Waals surface area contributed by atoms with E-state index in [1.54, 1.807) is 0 Å². The molecule has 138 valence electrons. The van der Waals surface area contributed by atoms with Gasteiger partial charge in [0.05, 0.1) is 5.92 Å². The van der Waals surface area contributed by atoms with Crippen molar-refractivity contribution in [2.45, 2.75) is 43.6 Å². The standard InChI is InChI=1S/C17H16F3N3O3/c18-17(19,20)16(22-23-16)11-3-1-2-9(4-11)13(24)21-12-7-15(8-12)5-10(6-15)14(25)26/h1-4,10,12H,5-8H2,(H,21,24)(H,25,26). The second kappa shape index (κ2) is 5.28. The summed E-state index contributed by atoms with van der Waals surface area (Å²) in [6, 6.07) is 5.17. The Kier molecular flexibility index (Phi) is 3.45. The van der Waals surface area contributed by atoms with Crippen molar-refractivity contribution in [2.24, 2.45) is 21.6 Å². The minimum Gasteiger partial charge on any atom is -0.481 e. The summed E-state index contributed by atoms with van der Waals surface area (Å²) in [5, 5.41) is 18.0. The maximum atomic E-state index is 13.1. The van der Waals surface area contributed by atoms with Crippen LogP contribution in [-0.2, 0) is 10.5 Å². The highest BCUT2D eigenvalue weighted by Gasteiger charge is 2.65. The number of rotatable bonds is 4. The number of hydrogen-bond donors (Lipinski definition) is 2. The number of hydrogen-bond acceptors (Lipinski definition) is 4. The molecule has 0 bridgehead atoms. The van der Waals surface area contributed by atoms with Crippen molar-refractivity contribution in [2.75, 3.05) is 0 Å². The molecule has 1 heterocycles. The Hall–Kier alpha value is -2.45. The third-order valence-electron chi connectivity index (χ3n) is 5.62. The molecule has 1 spiro atoms. The van der Waals surface area contributed by atoms with Crippen molar-refractivity contribution in [1.29, 1.82) is 0 Å². The van der Waals surface area contributed by atoms with Crippen LogP contribution in [0.1, 0.15) is 41.6 Å². The van der Waals surface area contributed by atoms with Crippen molar-refractivity contribution >= 4 is 11.9 Å². The van der Waals surface area contributed by atoms with E-state index >= 15 is 0 Å². The third kappa shape index (κ3) is 2.57. The highest BCUT2D eigenvalue weighted by molar-refractivity contribution is 5.94. The third-order valence-corrected chi connectivity index (χ3v) is 5.62. The van der Waals surface area contributed by atoms with Gasteiger partial charge in [0.15, 0.2) is 0 Å². The average molecular weight is 367 g/mol. The van der Waals surface area contributed by atoms with Crippen LogP contribution in [0.25, 0.3) is 0 Å². The van der Waals surface area contributed by atoms with Gasteiger partial charge in [0, 0.05) is 17.2 Å². The van der Waals surface area contributed by atoms with Crippen molar-refractivity contribution in [3.8, 4) is 0 Å². The molecule has 9 heteroatoms. The number of nitrogens with zero attached hydrogens (tertiary/aromatic N) is 2. The van der Waals surface area contributed by atoms with Crippen LogP contribution in [0.5, 0.6) is 0 Å². The maximum Gasteiger partial charge on any atom is 0.442 e. The van der Waals surface area contributed by atoms with Gasteiger partial charge in [0.25, 0.3) is 5.91 Å². The summed E-state index contributed by atoms with van der Waals surface area (Å²) in [4.78, 5) is 23.2. The number of amides is 1. The van der Waals surface area contributed by atoms with E-state index < -0.39 is 23.7 Å². The van der Waals surface area contributed by atoms with Crippen LogP contribution < -0.4 is 5.32 Å². The van der Waals surface area contributed by atoms with Crippen LogP contribution in [0.15, 0.2) is 34.5 Å². The number of carboxylic acids is 1. The molecule has 4 rings (SSSR count). The van der Waals surface area contributed by atoms with Gasteiger partial charge in [-0.25, -0.2) is 0 Å². The molecule has 0 atom stereocenters. The molecule has 26 heavy (non-hydrogen) atoms. The highest BCUT2D eigenvalue weighted by Crippen LogP contribution is 2.58. The molecule has 1 aliphatic heterocycles. The average Bonchev–Trinajstić information content (AvgIpc) is 3.29. The van der Waals surface area contributed by atoms with Gasteiger partial charge in [-0.3, -0.25) is 9.59 Å². The number of nitrogens with one attached hydrogen (secondary N) is 1. The van der Waals surface area contributed by atoms with Gasteiger partial charge < -0.3 is 10.4 Å². The first kappa shape index (κ1) is 17.0. The monoisotopic (exact) mass is 367 g/mol. The first-order chi connectivity index (χ1) is 12.1. The predicted molar refractivity (Wildman–Crippen MR) is 82.3 cm³/mol. The van der Waals surface area contributed by atoms with E-state index in [0.717, 1.165) is 0 Å². The Balaban J connectivity index is 1.37. The van der Waals surface area contributed by atoms with E-state index in [4.69, 9.17) is 5.11 Å². The Morgan fingerprint density at radius 3 is 2.35 bits per heavy atom. The molecule has 2 saturated carbocycles. The lowest BCUT2D eigenvalue weighted by atomic mass is 9.50. The fourth-order valence-electron chi connectivity index (χ4n) is 4.17. The van der Waals surface area contributed by atoms with Crippen LogP contribution in [0.3, 0.4) is 0 Å². The first-order valence-corrected chi connectivity index (χ1v) is 8.29. The normalized spacial score (nSPS) is 31.0. The molecular weight excluding hydrogens is 351 g/mol. The second-order valence-corrected chi connectivity index (χ2v) is 7.47. The largest absolute Gasteiger partial charge is 0.481 e. The van der Waals surface area contributed by atoms with Crippen LogP contribution in [0, 0.1) is 11.3 Å². The van der Waals surface area contributed by atoms with Gasteiger partial charge in [-0.15, -0.1) is 10.2 Å². The lowest BCUT2D eigenvalue weighted by Gasteiger charge is -2.56. The van der Waals surface area contributed by atoms with E-state index in [1.165, 1.54) is 24.3 Å². The highest BCUT2D eigenvalue weighted by atomic mass is 19.4. The van der Waals surface area contributed by atoms with Gasteiger partial charge in [0.1, 0.15) is 0 Å². The quantitative estimate of drug-likeness (QED) is 0.856. The predicted octanol–water partition coefficient (Wildman–Crippen LogP) is 3.24. The van der Waals surface area contributed by atoms with Crippen LogP contribution in [-0.4, -0.2) is 29.2 Å². The van der Waals surface area contributed by atoms with Crippen molar-refractivity contribution in [3.05, 3.63) is 35.4 Å². The molecule has 0 radical (unpaired) electrons. The SMILES string of the molecule is O=C(NC1CC2(C1)CC(C(=O)O)C2)c1cccc(C2(C(F)(F)F)N=N2)c1.